The summed E-state index contributed by atoms with van der Waals surface area (Å²) in [6.07, 6.45) is 2.47. The molecule has 0 saturated heterocycles. The summed E-state index contributed by atoms with van der Waals surface area (Å²) in [5.41, 5.74) is 5.52. The number of nitrogens with one attached hydrogen (secondary N) is 2. The predicted octanol–water partition coefficient (Wildman–Crippen LogP) is 3.39. The fourth-order valence-electron chi connectivity index (χ4n) is 3.86. The predicted molar refractivity (Wildman–Crippen MR) is 112 cm³/mol. The number of aryl methyl sites for hydroxylation is 3. The first-order valence-corrected chi connectivity index (χ1v) is 9.88. The van der Waals surface area contributed by atoms with Gasteiger partial charge in [-0.25, -0.2) is 0 Å². The Balaban J connectivity index is 1.46. The average molecular weight is 388 g/mol. The first-order valence-electron chi connectivity index (χ1n) is 9.88. The first kappa shape index (κ1) is 18.9. The van der Waals surface area contributed by atoms with Crippen LogP contribution in [0.15, 0.2) is 54.6 Å². The Morgan fingerprint density at radius 1 is 1.07 bits per heavy atom. The summed E-state index contributed by atoms with van der Waals surface area (Å²) in [6.45, 7) is 2.01. The van der Waals surface area contributed by atoms with Crippen molar-refractivity contribution in [3.63, 3.8) is 0 Å². The van der Waals surface area contributed by atoms with E-state index in [0.29, 0.717) is 5.82 Å². The van der Waals surface area contributed by atoms with Gasteiger partial charge in [0.1, 0.15) is 0 Å². The molecule has 0 bridgehead atoms. The third kappa shape index (κ3) is 3.92. The minimum atomic E-state index is -0.696. The Bertz CT molecular complexity index is 1060. The van der Waals surface area contributed by atoms with Gasteiger partial charge in [0.2, 0.25) is 0 Å². The number of hydrogen-bond acceptors (Lipinski definition) is 3. The van der Waals surface area contributed by atoms with Gasteiger partial charge in [0.25, 0.3) is 0 Å². The van der Waals surface area contributed by atoms with Crippen molar-refractivity contribution in [3.8, 4) is 11.1 Å². The van der Waals surface area contributed by atoms with Crippen molar-refractivity contribution in [2.45, 2.75) is 32.2 Å². The number of anilines is 1. The highest BCUT2D eigenvalue weighted by atomic mass is 16.2. The van der Waals surface area contributed by atoms with Gasteiger partial charge in [0.05, 0.1) is 6.04 Å². The third-order valence-electron chi connectivity index (χ3n) is 5.42. The zero-order valence-corrected chi connectivity index (χ0v) is 16.6. The van der Waals surface area contributed by atoms with Gasteiger partial charge in [-0.2, -0.15) is 5.10 Å². The number of rotatable bonds is 4. The molecule has 1 aliphatic carbocycles. The molecule has 2 N–H and O–H groups in total. The Morgan fingerprint density at radius 3 is 2.59 bits per heavy atom. The van der Waals surface area contributed by atoms with Crippen LogP contribution in [0.1, 0.15) is 36.2 Å². The monoisotopic (exact) mass is 388 g/mol. The number of amides is 2. The molecule has 3 aromatic rings. The molecule has 2 aromatic carbocycles. The summed E-state index contributed by atoms with van der Waals surface area (Å²) < 4.78 is 1.70. The molecule has 0 aliphatic heterocycles. The molecule has 0 fully saturated rings. The summed E-state index contributed by atoms with van der Waals surface area (Å²) >= 11 is 0. The second-order valence-electron chi connectivity index (χ2n) is 7.30. The Morgan fingerprint density at radius 2 is 1.86 bits per heavy atom. The van der Waals surface area contributed by atoms with E-state index in [1.807, 2.05) is 32.2 Å². The highest BCUT2D eigenvalue weighted by molar-refractivity contribution is 6.39. The molecule has 1 aromatic heterocycles. The van der Waals surface area contributed by atoms with Gasteiger partial charge >= 0.3 is 11.8 Å². The van der Waals surface area contributed by atoms with Crippen molar-refractivity contribution in [3.05, 3.63) is 71.4 Å². The van der Waals surface area contributed by atoms with Gasteiger partial charge in [-0.1, -0.05) is 49.4 Å². The van der Waals surface area contributed by atoms with Crippen molar-refractivity contribution in [1.29, 1.82) is 0 Å². The van der Waals surface area contributed by atoms with Gasteiger partial charge in [0, 0.05) is 18.8 Å². The van der Waals surface area contributed by atoms with Crippen molar-refractivity contribution in [1.82, 2.24) is 15.1 Å². The van der Waals surface area contributed by atoms with Crippen LogP contribution >= 0.6 is 0 Å². The summed E-state index contributed by atoms with van der Waals surface area (Å²) in [5.74, 6) is -0.947. The van der Waals surface area contributed by atoms with E-state index < -0.39 is 11.8 Å². The number of fused-ring (bicyclic) bond motifs is 1. The van der Waals surface area contributed by atoms with Crippen molar-refractivity contribution in [2.75, 3.05) is 5.32 Å². The van der Waals surface area contributed by atoms with Gasteiger partial charge in [-0.05, 0) is 47.6 Å². The molecule has 0 radical (unpaired) electrons. The van der Waals surface area contributed by atoms with Crippen LogP contribution in [0.2, 0.25) is 0 Å². The minimum absolute atomic E-state index is 0.165. The zero-order chi connectivity index (χ0) is 20.4. The standard InChI is InChI=1S/C23H24N4O2/c1-3-18-14-21(26-27(18)2)25-23(29)22(28)24-20-12-11-16-9-10-17(13-19(16)20)15-7-5-4-6-8-15/h4-10,13-14,20H,3,11-12H2,1-2H3,(H,24,28)(H,25,26,29). The molecule has 2 amide bonds. The van der Waals surface area contributed by atoms with Gasteiger partial charge in [-0.15, -0.1) is 0 Å². The van der Waals surface area contributed by atoms with E-state index in [1.54, 1.807) is 10.7 Å². The summed E-state index contributed by atoms with van der Waals surface area (Å²) in [6, 6.07) is 18.1. The van der Waals surface area contributed by atoms with Gasteiger partial charge < -0.3 is 10.6 Å². The second kappa shape index (κ2) is 7.91. The minimum Gasteiger partial charge on any atom is -0.341 e. The van der Waals surface area contributed by atoms with Gasteiger partial charge in [0.15, 0.2) is 5.82 Å². The van der Waals surface area contributed by atoms with Crippen LogP contribution in [0.5, 0.6) is 0 Å². The van der Waals surface area contributed by atoms with E-state index in [9.17, 15) is 9.59 Å². The van der Waals surface area contributed by atoms with Crippen LogP contribution < -0.4 is 10.6 Å². The third-order valence-corrected chi connectivity index (χ3v) is 5.42. The van der Waals surface area contributed by atoms with E-state index in [0.717, 1.165) is 41.6 Å². The lowest BCUT2D eigenvalue weighted by molar-refractivity contribution is -0.136. The number of carbonyl (C=O) groups excluding carboxylic acids is 2. The summed E-state index contributed by atoms with van der Waals surface area (Å²) in [4.78, 5) is 24.8. The summed E-state index contributed by atoms with van der Waals surface area (Å²) in [5, 5.41) is 9.69. The van der Waals surface area contributed by atoms with E-state index in [4.69, 9.17) is 0 Å². The summed E-state index contributed by atoms with van der Waals surface area (Å²) in [7, 11) is 1.81. The van der Waals surface area contributed by atoms with E-state index in [1.165, 1.54) is 5.56 Å². The number of carbonyl (C=O) groups is 2. The Hall–Kier alpha value is -3.41. The molecular weight excluding hydrogens is 364 g/mol. The van der Waals surface area contributed by atoms with Crippen LogP contribution in [0.25, 0.3) is 11.1 Å². The van der Waals surface area contributed by atoms with Crippen LogP contribution in [-0.4, -0.2) is 21.6 Å². The van der Waals surface area contributed by atoms with Crippen molar-refractivity contribution in [2.24, 2.45) is 7.05 Å². The number of nitrogens with zero attached hydrogens (tertiary/aromatic N) is 2. The van der Waals surface area contributed by atoms with Crippen molar-refractivity contribution >= 4 is 17.6 Å². The average Bonchev–Trinajstić information content (AvgIpc) is 3.30. The molecule has 0 saturated carbocycles. The number of benzene rings is 2. The fraction of sp³-hybridized carbons (Fsp3) is 0.261. The zero-order valence-electron chi connectivity index (χ0n) is 16.6. The SMILES string of the molecule is CCc1cc(NC(=O)C(=O)NC2CCc3ccc(-c4ccccc4)cc32)nn1C. The fourth-order valence-corrected chi connectivity index (χ4v) is 3.86. The molecule has 1 unspecified atom stereocenters. The van der Waals surface area contributed by atoms with Crippen molar-refractivity contribution < 1.29 is 9.59 Å². The lowest BCUT2D eigenvalue weighted by atomic mass is 9.99. The Labute approximate surface area is 169 Å². The van der Waals surface area contributed by atoms with E-state index in [2.05, 4.69) is 46.1 Å². The molecule has 0 spiro atoms. The highest BCUT2D eigenvalue weighted by Gasteiger charge is 2.27. The number of aromatic nitrogens is 2. The number of hydrogen-bond donors (Lipinski definition) is 2. The molecule has 1 atom stereocenters. The highest BCUT2D eigenvalue weighted by Crippen LogP contribution is 2.34. The molecule has 1 heterocycles. The van der Waals surface area contributed by atoms with Gasteiger partial charge in [-0.3, -0.25) is 14.3 Å². The molecule has 1 aliphatic rings. The normalized spacial score (nSPS) is 15.0. The second-order valence-corrected chi connectivity index (χ2v) is 7.30. The largest absolute Gasteiger partial charge is 0.341 e. The maximum Gasteiger partial charge on any atom is 0.314 e. The lowest BCUT2D eigenvalue weighted by Gasteiger charge is -2.15. The maximum atomic E-state index is 12.5. The topological polar surface area (TPSA) is 76.0 Å². The maximum absolute atomic E-state index is 12.5. The van der Waals surface area contributed by atoms with E-state index in [-0.39, 0.29) is 6.04 Å². The van der Waals surface area contributed by atoms with Crippen LogP contribution in [-0.2, 0) is 29.5 Å². The molecule has 148 valence electrons. The smallest absolute Gasteiger partial charge is 0.314 e. The molecular formula is C23H24N4O2. The van der Waals surface area contributed by atoms with Crippen LogP contribution in [0.4, 0.5) is 5.82 Å². The quantitative estimate of drug-likeness (QED) is 0.673. The lowest BCUT2D eigenvalue weighted by Crippen LogP contribution is -2.37. The molecule has 29 heavy (non-hydrogen) atoms. The molecule has 6 nitrogen and oxygen atoms in total. The molecule has 4 rings (SSSR count). The van der Waals surface area contributed by atoms with Crippen LogP contribution in [0, 0.1) is 0 Å². The first-order chi connectivity index (χ1) is 14.0. The van der Waals surface area contributed by atoms with Crippen LogP contribution in [0.3, 0.4) is 0 Å². The van der Waals surface area contributed by atoms with E-state index >= 15 is 0 Å². The Kier molecular flexibility index (Phi) is 5.16. The molecule has 6 heteroatoms.